The summed E-state index contributed by atoms with van der Waals surface area (Å²) in [5.41, 5.74) is 2.53. The molecule has 0 aromatic carbocycles. The summed E-state index contributed by atoms with van der Waals surface area (Å²) < 4.78 is 0. The molecule has 0 saturated carbocycles. The van der Waals surface area contributed by atoms with Crippen LogP contribution >= 0.6 is 0 Å². The maximum Gasteiger partial charge on any atom is 0.138 e. The van der Waals surface area contributed by atoms with Gasteiger partial charge in [-0.3, -0.25) is 4.79 Å². The molecule has 1 N–H and O–H groups in total. The molecule has 0 radical (unpaired) electrons. The Kier molecular flexibility index (Phi) is 5.09. The SMILES string of the molecule is C=C=CC=CC(CO)C(C)=O. The molecule has 0 bridgehead atoms. The summed E-state index contributed by atoms with van der Waals surface area (Å²) in [6.45, 7) is 4.65. The predicted octanol–water partition coefficient (Wildman–Crippen LogP) is 1.08. The van der Waals surface area contributed by atoms with Gasteiger partial charge in [-0.2, -0.15) is 0 Å². The van der Waals surface area contributed by atoms with Crippen molar-refractivity contribution in [1.82, 2.24) is 0 Å². The van der Waals surface area contributed by atoms with Crippen LogP contribution in [0.25, 0.3) is 0 Å². The molecule has 2 heteroatoms. The highest BCUT2D eigenvalue weighted by molar-refractivity contribution is 5.80. The molecule has 0 rings (SSSR count). The molecule has 0 saturated heterocycles. The van der Waals surface area contributed by atoms with Crippen LogP contribution in [-0.2, 0) is 4.79 Å². The molecule has 0 amide bonds. The van der Waals surface area contributed by atoms with E-state index in [-0.39, 0.29) is 18.3 Å². The van der Waals surface area contributed by atoms with Crippen LogP contribution in [0.5, 0.6) is 0 Å². The Morgan fingerprint density at radius 2 is 2.45 bits per heavy atom. The third-order valence-corrected chi connectivity index (χ3v) is 1.28. The van der Waals surface area contributed by atoms with E-state index in [1.54, 1.807) is 18.2 Å². The summed E-state index contributed by atoms with van der Waals surface area (Å²) >= 11 is 0. The summed E-state index contributed by atoms with van der Waals surface area (Å²) in [4.78, 5) is 10.7. The van der Waals surface area contributed by atoms with Gasteiger partial charge in [0.05, 0.1) is 12.5 Å². The van der Waals surface area contributed by atoms with Crippen molar-refractivity contribution in [3.8, 4) is 0 Å². The van der Waals surface area contributed by atoms with Crippen LogP contribution in [0.4, 0.5) is 0 Å². The Balaban J connectivity index is 4.07. The van der Waals surface area contributed by atoms with Crippen LogP contribution in [0, 0.1) is 5.92 Å². The molecule has 2 nitrogen and oxygen atoms in total. The van der Waals surface area contributed by atoms with E-state index in [0.29, 0.717) is 0 Å². The van der Waals surface area contributed by atoms with E-state index in [1.165, 1.54) is 6.92 Å². The lowest BCUT2D eigenvalue weighted by atomic mass is 10.1. The molecular weight excluding hydrogens is 140 g/mol. The Labute approximate surface area is 66.5 Å². The zero-order valence-electron chi connectivity index (χ0n) is 6.58. The lowest BCUT2D eigenvalue weighted by Gasteiger charge is -2.01. The number of aliphatic hydroxyl groups is 1. The third-order valence-electron chi connectivity index (χ3n) is 1.28. The van der Waals surface area contributed by atoms with Crippen LogP contribution in [-0.4, -0.2) is 17.5 Å². The minimum atomic E-state index is -0.389. The largest absolute Gasteiger partial charge is 0.395 e. The molecule has 1 unspecified atom stereocenters. The summed E-state index contributed by atoms with van der Waals surface area (Å²) in [5.74, 6) is -0.430. The molecule has 0 fully saturated rings. The quantitative estimate of drug-likeness (QED) is 0.483. The standard InChI is InChI=1S/C9H12O2/c1-3-4-5-6-9(7-10)8(2)11/h4-6,9-10H,1,7H2,2H3. The van der Waals surface area contributed by atoms with Gasteiger partial charge in [0.2, 0.25) is 0 Å². The highest BCUT2D eigenvalue weighted by atomic mass is 16.3. The maximum absolute atomic E-state index is 10.7. The van der Waals surface area contributed by atoms with Crippen molar-refractivity contribution in [2.24, 2.45) is 5.92 Å². The first-order chi connectivity index (χ1) is 5.22. The van der Waals surface area contributed by atoms with Crippen molar-refractivity contribution in [2.45, 2.75) is 6.92 Å². The van der Waals surface area contributed by atoms with Crippen LogP contribution in [0.15, 0.2) is 30.5 Å². The number of rotatable bonds is 4. The lowest BCUT2D eigenvalue weighted by molar-refractivity contribution is -0.120. The first-order valence-electron chi connectivity index (χ1n) is 3.36. The zero-order chi connectivity index (χ0) is 8.69. The van der Waals surface area contributed by atoms with Gasteiger partial charge in [0.1, 0.15) is 5.78 Å². The molecule has 0 aromatic heterocycles. The molecule has 0 aliphatic rings. The highest BCUT2D eigenvalue weighted by Gasteiger charge is 2.06. The van der Waals surface area contributed by atoms with Gasteiger partial charge >= 0.3 is 0 Å². The number of hydrogen-bond acceptors (Lipinski definition) is 2. The Hall–Kier alpha value is -1.11. The number of allylic oxidation sites excluding steroid dienone is 2. The number of aliphatic hydroxyl groups excluding tert-OH is 1. The fraction of sp³-hybridized carbons (Fsp3) is 0.333. The van der Waals surface area contributed by atoms with Crippen LogP contribution in [0.1, 0.15) is 6.92 Å². The van der Waals surface area contributed by atoms with Gasteiger partial charge < -0.3 is 5.11 Å². The van der Waals surface area contributed by atoms with Crippen molar-refractivity contribution in [1.29, 1.82) is 0 Å². The van der Waals surface area contributed by atoms with Gasteiger partial charge in [-0.25, -0.2) is 0 Å². The van der Waals surface area contributed by atoms with Crippen LogP contribution in [0.3, 0.4) is 0 Å². The van der Waals surface area contributed by atoms with Gasteiger partial charge in [0.25, 0.3) is 0 Å². The van der Waals surface area contributed by atoms with E-state index in [1.807, 2.05) is 0 Å². The fourth-order valence-corrected chi connectivity index (χ4v) is 0.583. The molecule has 0 aliphatic heterocycles. The molecular formula is C9H12O2. The van der Waals surface area contributed by atoms with Crippen molar-refractivity contribution in [3.63, 3.8) is 0 Å². The van der Waals surface area contributed by atoms with Crippen molar-refractivity contribution in [2.75, 3.05) is 6.61 Å². The van der Waals surface area contributed by atoms with Crippen molar-refractivity contribution >= 4 is 5.78 Å². The summed E-state index contributed by atoms with van der Waals surface area (Å²) in [7, 11) is 0. The minimum absolute atomic E-state index is 0.0405. The molecule has 0 heterocycles. The second kappa shape index (κ2) is 5.66. The molecule has 0 aromatic rings. The lowest BCUT2D eigenvalue weighted by Crippen LogP contribution is -2.11. The van der Waals surface area contributed by atoms with Crippen molar-refractivity contribution < 1.29 is 9.90 Å². The van der Waals surface area contributed by atoms with E-state index in [2.05, 4.69) is 12.3 Å². The highest BCUT2D eigenvalue weighted by Crippen LogP contribution is 1.98. The molecule has 1 atom stereocenters. The average molecular weight is 152 g/mol. The smallest absolute Gasteiger partial charge is 0.138 e. The Morgan fingerprint density at radius 3 is 2.82 bits per heavy atom. The molecule has 11 heavy (non-hydrogen) atoms. The molecule has 60 valence electrons. The van der Waals surface area contributed by atoms with Gasteiger partial charge in [-0.15, -0.1) is 5.73 Å². The van der Waals surface area contributed by atoms with Crippen LogP contribution in [0.2, 0.25) is 0 Å². The van der Waals surface area contributed by atoms with Crippen molar-refractivity contribution in [3.05, 3.63) is 30.5 Å². The van der Waals surface area contributed by atoms with Gasteiger partial charge in [-0.1, -0.05) is 18.7 Å². The van der Waals surface area contributed by atoms with E-state index < -0.39 is 0 Å². The molecule has 0 aliphatic carbocycles. The number of Topliss-reactive ketones (excluding diaryl/α,β-unsaturated/α-hetero) is 1. The van der Waals surface area contributed by atoms with Gasteiger partial charge in [-0.05, 0) is 13.0 Å². The zero-order valence-corrected chi connectivity index (χ0v) is 6.58. The van der Waals surface area contributed by atoms with Crippen LogP contribution < -0.4 is 0 Å². The van der Waals surface area contributed by atoms with Gasteiger partial charge in [0.15, 0.2) is 0 Å². The molecule has 0 spiro atoms. The summed E-state index contributed by atoms with van der Waals surface area (Å²) in [5, 5.41) is 8.67. The number of ketones is 1. The summed E-state index contributed by atoms with van der Waals surface area (Å²) in [6.07, 6.45) is 4.86. The van der Waals surface area contributed by atoms with E-state index >= 15 is 0 Å². The van der Waals surface area contributed by atoms with E-state index in [9.17, 15) is 4.79 Å². The number of hydrogen-bond donors (Lipinski definition) is 1. The third kappa shape index (κ3) is 4.31. The fourth-order valence-electron chi connectivity index (χ4n) is 0.583. The second-order valence-electron chi connectivity index (χ2n) is 2.16. The maximum atomic E-state index is 10.7. The minimum Gasteiger partial charge on any atom is -0.395 e. The Morgan fingerprint density at radius 1 is 1.82 bits per heavy atom. The van der Waals surface area contributed by atoms with E-state index in [4.69, 9.17) is 5.11 Å². The van der Waals surface area contributed by atoms with Gasteiger partial charge in [0, 0.05) is 0 Å². The number of carbonyl (C=O) groups excluding carboxylic acids is 1. The predicted molar refractivity (Wildman–Crippen MR) is 44.1 cm³/mol. The summed E-state index contributed by atoms with van der Waals surface area (Å²) in [6, 6.07) is 0. The normalized spacial score (nSPS) is 12.5. The monoisotopic (exact) mass is 152 g/mol. The first-order valence-corrected chi connectivity index (χ1v) is 3.36. The topological polar surface area (TPSA) is 37.3 Å². The van der Waals surface area contributed by atoms with E-state index in [0.717, 1.165) is 0 Å². The average Bonchev–Trinajstić information content (AvgIpc) is 1.97. The first kappa shape index (κ1) is 9.89. The number of carbonyl (C=O) groups is 1. The Bertz CT molecular complexity index is 198. The second-order valence-corrected chi connectivity index (χ2v) is 2.16.